The van der Waals surface area contributed by atoms with Gasteiger partial charge in [0.2, 0.25) is 0 Å². The molecule has 140 valence electrons. The standard InChI is InChI=1S/C21H29N3O2/c1-5-26-16-18-12-10-17(11-13-18)14-23-21(22-2)24(3)15-19-8-6-7-9-20(19)25-4/h6-13H,5,14-16H2,1-4H3,(H,22,23). The van der Waals surface area contributed by atoms with E-state index in [2.05, 4.69) is 45.5 Å². The molecule has 0 aliphatic heterocycles. The van der Waals surface area contributed by atoms with Crippen LogP contribution in [-0.2, 0) is 24.4 Å². The molecule has 0 spiro atoms. The molecule has 1 N–H and O–H groups in total. The first-order valence-corrected chi connectivity index (χ1v) is 8.87. The summed E-state index contributed by atoms with van der Waals surface area (Å²) in [5.41, 5.74) is 3.52. The van der Waals surface area contributed by atoms with E-state index in [1.165, 1.54) is 11.1 Å². The molecule has 0 bridgehead atoms. The molecule has 0 amide bonds. The fourth-order valence-electron chi connectivity index (χ4n) is 2.70. The van der Waals surface area contributed by atoms with E-state index in [4.69, 9.17) is 9.47 Å². The van der Waals surface area contributed by atoms with Crippen LogP contribution in [0, 0.1) is 0 Å². The molecule has 2 aromatic rings. The van der Waals surface area contributed by atoms with Crippen molar-refractivity contribution in [1.82, 2.24) is 10.2 Å². The lowest BCUT2D eigenvalue weighted by molar-refractivity contribution is 0.134. The molecular weight excluding hydrogens is 326 g/mol. The number of aliphatic imine (C=N–C) groups is 1. The van der Waals surface area contributed by atoms with Crippen LogP contribution in [0.25, 0.3) is 0 Å². The number of guanidine groups is 1. The topological polar surface area (TPSA) is 46.1 Å². The minimum absolute atomic E-state index is 0.660. The van der Waals surface area contributed by atoms with Gasteiger partial charge in [-0.25, -0.2) is 0 Å². The lowest BCUT2D eigenvalue weighted by Gasteiger charge is -2.23. The molecular formula is C21H29N3O2. The predicted molar refractivity (Wildman–Crippen MR) is 106 cm³/mol. The molecule has 0 radical (unpaired) electrons. The lowest BCUT2D eigenvalue weighted by atomic mass is 10.1. The predicted octanol–water partition coefficient (Wildman–Crippen LogP) is 3.44. The molecule has 5 nitrogen and oxygen atoms in total. The zero-order valence-corrected chi connectivity index (χ0v) is 16.2. The van der Waals surface area contributed by atoms with E-state index in [9.17, 15) is 0 Å². The highest BCUT2D eigenvalue weighted by molar-refractivity contribution is 5.79. The molecule has 2 aromatic carbocycles. The van der Waals surface area contributed by atoms with Gasteiger partial charge in [-0.3, -0.25) is 4.99 Å². The van der Waals surface area contributed by atoms with Crippen LogP contribution >= 0.6 is 0 Å². The quantitative estimate of drug-likeness (QED) is 0.582. The fourth-order valence-corrected chi connectivity index (χ4v) is 2.70. The average molecular weight is 355 g/mol. The summed E-state index contributed by atoms with van der Waals surface area (Å²) in [6, 6.07) is 16.5. The molecule has 5 heteroatoms. The number of para-hydroxylation sites is 1. The Hall–Kier alpha value is -2.53. The van der Waals surface area contributed by atoms with E-state index in [0.717, 1.165) is 37.0 Å². The summed E-state index contributed by atoms with van der Waals surface area (Å²) < 4.78 is 10.9. The van der Waals surface area contributed by atoms with E-state index in [-0.39, 0.29) is 0 Å². The summed E-state index contributed by atoms with van der Waals surface area (Å²) in [5.74, 6) is 1.73. The third-order valence-electron chi connectivity index (χ3n) is 4.12. The zero-order chi connectivity index (χ0) is 18.8. The van der Waals surface area contributed by atoms with Crippen LogP contribution < -0.4 is 10.1 Å². The second-order valence-corrected chi connectivity index (χ2v) is 6.02. The number of benzene rings is 2. The van der Waals surface area contributed by atoms with Gasteiger partial charge in [0.25, 0.3) is 0 Å². The Labute approximate surface area is 156 Å². The summed E-state index contributed by atoms with van der Waals surface area (Å²) in [6.07, 6.45) is 0. The number of nitrogens with one attached hydrogen (secondary N) is 1. The average Bonchev–Trinajstić information content (AvgIpc) is 2.68. The summed E-state index contributed by atoms with van der Waals surface area (Å²) in [6.45, 7) is 4.84. The van der Waals surface area contributed by atoms with Crippen molar-refractivity contribution in [2.45, 2.75) is 26.6 Å². The fraction of sp³-hybridized carbons (Fsp3) is 0.381. The normalized spacial score (nSPS) is 11.3. The van der Waals surface area contributed by atoms with Crippen LogP contribution in [-0.4, -0.2) is 38.7 Å². The van der Waals surface area contributed by atoms with Gasteiger partial charge in [0.15, 0.2) is 5.96 Å². The van der Waals surface area contributed by atoms with Crippen LogP contribution in [0.2, 0.25) is 0 Å². The smallest absolute Gasteiger partial charge is 0.193 e. The van der Waals surface area contributed by atoms with Crippen molar-refractivity contribution in [3.8, 4) is 5.75 Å². The van der Waals surface area contributed by atoms with Gasteiger partial charge in [-0.05, 0) is 24.1 Å². The number of rotatable bonds is 8. The highest BCUT2D eigenvalue weighted by Gasteiger charge is 2.09. The van der Waals surface area contributed by atoms with E-state index in [1.54, 1.807) is 14.2 Å². The van der Waals surface area contributed by atoms with Gasteiger partial charge in [0.1, 0.15) is 5.75 Å². The molecule has 0 aliphatic carbocycles. The van der Waals surface area contributed by atoms with Crippen molar-refractivity contribution < 1.29 is 9.47 Å². The number of hydrogen-bond acceptors (Lipinski definition) is 3. The lowest BCUT2D eigenvalue weighted by Crippen LogP contribution is -2.38. The first kappa shape index (κ1) is 19.8. The Bertz CT molecular complexity index is 699. The van der Waals surface area contributed by atoms with E-state index in [1.807, 2.05) is 32.2 Å². The van der Waals surface area contributed by atoms with Crippen LogP contribution in [0.4, 0.5) is 0 Å². The van der Waals surface area contributed by atoms with Crippen LogP contribution in [0.3, 0.4) is 0 Å². The largest absolute Gasteiger partial charge is 0.496 e. The second-order valence-electron chi connectivity index (χ2n) is 6.02. The van der Waals surface area contributed by atoms with Gasteiger partial charge in [-0.15, -0.1) is 0 Å². The van der Waals surface area contributed by atoms with Crippen molar-refractivity contribution in [3.05, 3.63) is 65.2 Å². The van der Waals surface area contributed by atoms with Gasteiger partial charge in [0, 0.05) is 39.4 Å². The van der Waals surface area contributed by atoms with Gasteiger partial charge >= 0.3 is 0 Å². The van der Waals surface area contributed by atoms with Crippen LogP contribution in [0.15, 0.2) is 53.5 Å². The minimum Gasteiger partial charge on any atom is -0.496 e. The molecule has 0 saturated heterocycles. The maximum absolute atomic E-state index is 5.43. The second kappa shape index (κ2) is 10.5. The molecule has 0 unspecified atom stereocenters. The highest BCUT2D eigenvalue weighted by Crippen LogP contribution is 2.18. The van der Waals surface area contributed by atoms with Crippen molar-refractivity contribution in [2.75, 3.05) is 27.8 Å². The first-order chi connectivity index (χ1) is 12.7. The van der Waals surface area contributed by atoms with E-state index >= 15 is 0 Å². The van der Waals surface area contributed by atoms with E-state index in [0.29, 0.717) is 6.61 Å². The molecule has 0 atom stereocenters. The van der Waals surface area contributed by atoms with E-state index < -0.39 is 0 Å². The molecule has 2 rings (SSSR count). The molecule has 26 heavy (non-hydrogen) atoms. The van der Waals surface area contributed by atoms with Gasteiger partial charge in [0.05, 0.1) is 13.7 Å². The Morgan fingerprint density at radius 1 is 1.08 bits per heavy atom. The first-order valence-electron chi connectivity index (χ1n) is 8.87. The summed E-state index contributed by atoms with van der Waals surface area (Å²) in [4.78, 5) is 6.47. The summed E-state index contributed by atoms with van der Waals surface area (Å²) >= 11 is 0. The number of methoxy groups -OCH3 is 1. The van der Waals surface area contributed by atoms with Crippen molar-refractivity contribution in [2.24, 2.45) is 4.99 Å². The van der Waals surface area contributed by atoms with Crippen LogP contribution in [0.1, 0.15) is 23.6 Å². The summed E-state index contributed by atoms with van der Waals surface area (Å²) in [7, 11) is 5.51. The molecule has 0 aliphatic rings. The van der Waals surface area contributed by atoms with Gasteiger partial charge in [-0.2, -0.15) is 0 Å². The zero-order valence-electron chi connectivity index (χ0n) is 16.2. The molecule has 0 saturated carbocycles. The van der Waals surface area contributed by atoms with Crippen molar-refractivity contribution in [3.63, 3.8) is 0 Å². The molecule has 0 fully saturated rings. The van der Waals surface area contributed by atoms with Crippen molar-refractivity contribution in [1.29, 1.82) is 0 Å². The van der Waals surface area contributed by atoms with Gasteiger partial charge in [-0.1, -0.05) is 42.5 Å². The maximum atomic E-state index is 5.43. The Kier molecular flexibility index (Phi) is 7.96. The minimum atomic E-state index is 0.660. The Balaban J connectivity index is 1.92. The third-order valence-corrected chi connectivity index (χ3v) is 4.12. The number of nitrogens with zero attached hydrogens (tertiary/aromatic N) is 2. The van der Waals surface area contributed by atoms with Crippen LogP contribution in [0.5, 0.6) is 5.75 Å². The maximum Gasteiger partial charge on any atom is 0.193 e. The number of hydrogen-bond donors (Lipinski definition) is 1. The van der Waals surface area contributed by atoms with Crippen molar-refractivity contribution >= 4 is 5.96 Å². The Morgan fingerprint density at radius 3 is 2.42 bits per heavy atom. The molecule has 0 heterocycles. The highest BCUT2D eigenvalue weighted by atomic mass is 16.5. The Morgan fingerprint density at radius 2 is 1.77 bits per heavy atom. The number of ether oxygens (including phenoxy) is 2. The third kappa shape index (κ3) is 5.77. The monoisotopic (exact) mass is 355 g/mol. The molecule has 0 aromatic heterocycles. The van der Waals surface area contributed by atoms with Gasteiger partial charge < -0.3 is 19.7 Å². The SMILES string of the molecule is CCOCc1ccc(CNC(=NC)N(C)Cc2ccccc2OC)cc1. The summed E-state index contributed by atoms with van der Waals surface area (Å²) in [5, 5.41) is 3.41.